The molecular weight excluding hydrogens is 360 g/mol. The molecule has 2 aliphatic rings. The zero-order chi connectivity index (χ0) is 20.5. The number of carbonyl (C=O) groups is 3. The molecule has 158 valence electrons. The van der Waals surface area contributed by atoms with Gasteiger partial charge in [0.1, 0.15) is 6.29 Å². The molecule has 9 nitrogen and oxygen atoms in total. The first-order chi connectivity index (χ1) is 13.5. The van der Waals surface area contributed by atoms with Crippen LogP contribution in [0.5, 0.6) is 0 Å². The average Bonchev–Trinajstić information content (AvgIpc) is 3.24. The van der Waals surface area contributed by atoms with Gasteiger partial charge in [0.15, 0.2) is 5.96 Å². The van der Waals surface area contributed by atoms with Gasteiger partial charge in [0.2, 0.25) is 11.8 Å². The Labute approximate surface area is 166 Å². The third kappa shape index (κ3) is 5.75. The van der Waals surface area contributed by atoms with Crippen LogP contribution in [-0.2, 0) is 14.4 Å². The lowest BCUT2D eigenvalue weighted by atomic mass is 9.83. The van der Waals surface area contributed by atoms with E-state index in [2.05, 4.69) is 15.6 Å². The molecule has 0 aromatic rings. The molecule has 28 heavy (non-hydrogen) atoms. The first-order valence-electron chi connectivity index (χ1n) is 10.3. The Hall–Kier alpha value is -2.00. The molecule has 1 saturated heterocycles. The highest BCUT2D eigenvalue weighted by molar-refractivity contribution is 6.01. The van der Waals surface area contributed by atoms with E-state index in [-0.39, 0.29) is 29.7 Å². The second kappa shape index (κ2) is 11.1. The van der Waals surface area contributed by atoms with Gasteiger partial charge in [-0.05, 0) is 52.1 Å². The largest absolute Gasteiger partial charge is 0.370 e. The zero-order valence-corrected chi connectivity index (χ0v) is 16.7. The van der Waals surface area contributed by atoms with Gasteiger partial charge in [-0.3, -0.25) is 19.5 Å². The van der Waals surface area contributed by atoms with Crippen molar-refractivity contribution in [2.45, 2.75) is 69.5 Å². The predicted octanol–water partition coefficient (Wildman–Crippen LogP) is -0.507. The Morgan fingerprint density at radius 2 is 1.96 bits per heavy atom. The van der Waals surface area contributed by atoms with Crippen molar-refractivity contribution in [3.8, 4) is 0 Å². The van der Waals surface area contributed by atoms with Crippen LogP contribution in [0.25, 0.3) is 0 Å². The number of hydrogen-bond donors (Lipinski definition) is 4. The van der Waals surface area contributed by atoms with E-state index in [0.717, 1.165) is 38.6 Å². The van der Waals surface area contributed by atoms with Crippen molar-refractivity contribution in [2.24, 2.45) is 22.4 Å². The summed E-state index contributed by atoms with van der Waals surface area (Å²) in [6.45, 7) is 1.10. The summed E-state index contributed by atoms with van der Waals surface area (Å²) >= 11 is 0. The number of nitrogens with zero attached hydrogens (tertiary/aromatic N) is 2. The molecule has 2 unspecified atom stereocenters. The van der Waals surface area contributed by atoms with Crippen molar-refractivity contribution in [2.75, 3.05) is 20.1 Å². The quantitative estimate of drug-likeness (QED) is 0.136. The fourth-order valence-corrected chi connectivity index (χ4v) is 4.22. The Balaban J connectivity index is 2.18. The Bertz CT molecular complexity index is 572. The predicted molar refractivity (Wildman–Crippen MR) is 107 cm³/mol. The summed E-state index contributed by atoms with van der Waals surface area (Å²) in [6.07, 6.45) is 6.77. The molecule has 1 saturated carbocycles. The van der Waals surface area contributed by atoms with E-state index in [1.54, 1.807) is 0 Å². The SMILES string of the molecule is CNC1CCCCC1C(=O)N(C(=O)[C@@H]1CCCN1)[C@H](C=O)CCCN=C(N)N. The van der Waals surface area contributed by atoms with Crippen LogP contribution in [0.1, 0.15) is 51.4 Å². The van der Waals surface area contributed by atoms with Crippen molar-refractivity contribution in [1.82, 2.24) is 15.5 Å². The van der Waals surface area contributed by atoms with Crippen LogP contribution in [0.2, 0.25) is 0 Å². The van der Waals surface area contributed by atoms with Crippen LogP contribution in [0.15, 0.2) is 4.99 Å². The Morgan fingerprint density at radius 3 is 2.57 bits per heavy atom. The van der Waals surface area contributed by atoms with Crippen LogP contribution in [0.4, 0.5) is 0 Å². The molecule has 6 N–H and O–H groups in total. The van der Waals surface area contributed by atoms with Gasteiger partial charge in [-0.2, -0.15) is 0 Å². The lowest BCUT2D eigenvalue weighted by Crippen LogP contribution is -2.56. The van der Waals surface area contributed by atoms with Gasteiger partial charge in [0, 0.05) is 12.6 Å². The summed E-state index contributed by atoms with van der Waals surface area (Å²) in [7, 11) is 1.84. The fraction of sp³-hybridized carbons (Fsp3) is 0.789. The maximum Gasteiger partial charge on any atom is 0.246 e. The number of aldehydes is 1. The lowest BCUT2D eigenvalue weighted by molar-refractivity contribution is -0.154. The van der Waals surface area contributed by atoms with E-state index < -0.39 is 12.1 Å². The molecule has 2 amide bonds. The smallest absolute Gasteiger partial charge is 0.246 e. The highest BCUT2D eigenvalue weighted by Gasteiger charge is 2.41. The van der Waals surface area contributed by atoms with Crippen molar-refractivity contribution < 1.29 is 14.4 Å². The van der Waals surface area contributed by atoms with Gasteiger partial charge in [-0.15, -0.1) is 0 Å². The monoisotopic (exact) mass is 394 g/mol. The minimum absolute atomic E-state index is 0.0131. The van der Waals surface area contributed by atoms with E-state index in [1.165, 1.54) is 4.90 Å². The van der Waals surface area contributed by atoms with Gasteiger partial charge in [0.25, 0.3) is 0 Å². The molecule has 1 aliphatic carbocycles. The molecule has 0 spiro atoms. The third-order valence-corrected chi connectivity index (χ3v) is 5.73. The van der Waals surface area contributed by atoms with E-state index >= 15 is 0 Å². The van der Waals surface area contributed by atoms with E-state index in [0.29, 0.717) is 32.1 Å². The topological polar surface area (TPSA) is 143 Å². The fourth-order valence-electron chi connectivity index (χ4n) is 4.22. The molecule has 1 heterocycles. The Morgan fingerprint density at radius 1 is 1.21 bits per heavy atom. The second-order valence-electron chi connectivity index (χ2n) is 7.63. The number of aliphatic imine (C=N–C) groups is 1. The van der Waals surface area contributed by atoms with E-state index in [1.807, 2.05) is 7.05 Å². The molecule has 1 aliphatic heterocycles. The summed E-state index contributed by atoms with van der Waals surface area (Å²) in [5.74, 6) is -0.830. The first-order valence-corrected chi connectivity index (χ1v) is 10.3. The van der Waals surface area contributed by atoms with Gasteiger partial charge >= 0.3 is 0 Å². The van der Waals surface area contributed by atoms with Gasteiger partial charge in [0.05, 0.1) is 18.0 Å². The minimum atomic E-state index is -0.795. The second-order valence-corrected chi connectivity index (χ2v) is 7.63. The highest BCUT2D eigenvalue weighted by Crippen LogP contribution is 2.28. The third-order valence-electron chi connectivity index (χ3n) is 5.73. The van der Waals surface area contributed by atoms with E-state index in [9.17, 15) is 14.4 Å². The number of nitrogens with one attached hydrogen (secondary N) is 2. The molecule has 9 heteroatoms. The first kappa shape index (κ1) is 22.3. The summed E-state index contributed by atoms with van der Waals surface area (Å²) in [5.41, 5.74) is 10.7. The number of hydrogen-bond acceptors (Lipinski definition) is 6. The normalized spacial score (nSPS) is 25.7. The highest BCUT2D eigenvalue weighted by atomic mass is 16.2. The number of carbonyl (C=O) groups excluding carboxylic acids is 3. The number of nitrogens with two attached hydrogens (primary N) is 2. The molecule has 0 aromatic heterocycles. The maximum atomic E-state index is 13.4. The summed E-state index contributed by atoms with van der Waals surface area (Å²) in [5, 5.41) is 6.36. The molecule has 0 aromatic carbocycles. The summed E-state index contributed by atoms with van der Waals surface area (Å²) in [4.78, 5) is 43.6. The number of rotatable bonds is 9. The number of guanidine groups is 1. The summed E-state index contributed by atoms with van der Waals surface area (Å²) in [6, 6.07) is -1.17. The Kier molecular flexibility index (Phi) is 8.85. The van der Waals surface area contributed by atoms with Crippen molar-refractivity contribution in [3.05, 3.63) is 0 Å². The lowest BCUT2D eigenvalue weighted by Gasteiger charge is -2.36. The molecule has 2 fully saturated rings. The standard InChI is InChI=1S/C19H34N6O3/c1-22-15-8-3-2-7-14(15)17(27)25(18(28)16-9-5-10-23-16)13(12-26)6-4-11-24-19(20)21/h12-16,22-23H,2-11H2,1H3,(H4,20,21,24)/t13-,14?,15?,16-/m0/s1. The van der Waals surface area contributed by atoms with Crippen LogP contribution in [0, 0.1) is 5.92 Å². The van der Waals surface area contributed by atoms with Crippen LogP contribution in [0.3, 0.4) is 0 Å². The summed E-state index contributed by atoms with van der Waals surface area (Å²) < 4.78 is 0. The van der Waals surface area contributed by atoms with Crippen LogP contribution >= 0.6 is 0 Å². The van der Waals surface area contributed by atoms with Crippen LogP contribution in [-0.4, -0.2) is 67.2 Å². The zero-order valence-electron chi connectivity index (χ0n) is 16.7. The maximum absolute atomic E-state index is 13.4. The van der Waals surface area contributed by atoms with Gasteiger partial charge in [-0.1, -0.05) is 12.8 Å². The van der Waals surface area contributed by atoms with Crippen LogP contribution < -0.4 is 22.1 Å². The number of imide groups is 1. The van der Waals surface area contributed by atoms with Gasteiger partial charge < -0.3 is 26.9 Å². The van der Waals surface area contributed by atoms with Crippen molar-refractivity contribution in [1.29, 1.82) is 0 Å². The van der Waals surface area contributed by atoms with Crippen molar-refractivity contribution in [3.63, 3.8) is 0 Å². The average molecular weight is 395 g/mol. The van der Waals surface area contributed by atoms with Gasteiger partial charge in [-0.25, -0.2) is 0 Å². The molecule has 0 radical (unpaired) electrons. The molecule has 0 bridgehead atoms. The molecule has 2 rings (SSSR count). The van der Waals surface area contributed by atoms with Crippen molar-refractivity contribution >= 4 is 24.1 Å². The molecular formula is C19H34N6O3. The molecule has 4 atom stereocenters. The minimum Gasteiger partial charge on any atom is -0.370 e. The van der Waals surface area contributed by atoms with E-state index in [4.69, 9.17) is 11.5 Å². The number of amides is 2.